The van der Waals surface area contributed by atoms with Crippen LogP contribution in [0.1, 0.15) is 39.3 Å². The summed E-state index contributed by atoms with van der Waals surface area (Å²) in [6, 6.07) is 6.21. The Morgan fingerprint density at radius 3 is 2.21 bits per heavy atom. The first-order chi connectivity index (χ1) is 20.2. The quantitative estimate of drug-likeness (QED) is 0.167. The van der Waals surface area contributed by atoms with E-state index in [9.17, 15) is 37.5 Å². The smallest absolute Gasteiger partial charge is 0.305 e. The molecule has 2 unspecified atom stereocenters. The summed E-state index contributed by atoms with van der Waals surface area (Å²) in [6.07, 6.45) is 1.63. The van der Waals surface area contributed by atoms with Gasteiger partial charge in [0.2, 0.25) is 24.1 Å². The van der Waals surface area contributed by atoms with Gasteiger partial charge < -0.3 is 26.4 Å². The maximum Gasteiger partial charge on any atom is 0.305 e. The molecule has 234 valence electrons. The van der Waals surface area contributed by atoms with Gasteiger partial charge in [-0.05, 0) is 30.5 Å². The van der Waals surface area contributed by atoms with Crippen LogP contribution >= 0.6 is 11.6 Å². The van der Waals surface area contributed by atoms with E-state index < -0.39 is 74.4 Å². The van der Waals surface area contributed by atoms with Crippen LogP contribution in [0.25, 0.3) is 10.9 Å². The topological polar surface area (TPSA) is 201 Å². The van der Waals surface area contributed by atoms with E-state index in [1.54, 1.807) is 32.9 Å². The highest BCUT2D eigenvalue weighted by Gasteiger charge is 2.32. The van der Waals surface area contributed by atoms with Crippen LogP contribution in [0.5, 0.6) is 0 Å². The van der Waals surface area contributed by atoms with Crippen molar-refractivity contribution in [2.24, 2.45) is 5.92 Å². The van der Waals surface area contributed by atoms with Crippen LogP contribution in [-0.4, -0.2) is 79.0 Å². The average molecular weight is 638 g/mol. The molecule has 1 heterocycles. The number of nitrogens with one attached hydrogen (secondary N) is 4. The molecule has 13 nitrogen and oxygen atoms in total. The number of sulfone groups is 1. The monoisotopic (exact) mass is 637 g/mol. The number of aliphatic carboxylic acids is 1. The Hall–Kier alpha value is -4.04. The SMILES string of the molecule is CC[C@H](NC=O)C(=O)NC(Cc1ccc2ccccc2n1)C(=O)N[C@H](C(=O)NC(/C=C(\Cl)S(C)(=O)=O)CC(=O)O)C(C)C. The molecule has 4 amide bonds. The van der Waals surface area contributed by atoms with Crippen LogP contribution in [0.2, 0.25) is 0 Å². The zero-order valence-corrected chi connectivity index (χ0v) is 25.7. The molecule has 0 saturated heterocycles. The number of fused-ring (bicyclic) bond motifs is 1. The molecule has 0 spiro atoms. The molecule has 0 saturated carbocycles. The summed E-state index contributed by atoms with van der Waals surface area (Å²) in [4.78, 5) is 66.7. The predicted octanol–water partition coefficient (Wildman–Crippen LogP) is 1.01. The number of hydrogen-bond acceptors (Lipinski definition) is 8. The van der Waals surface area contributed by atoms with Crippen molar-refractivity contribution in [2.75, 3.05) is 6.26 Å². The number of carboxylic acid groups (broad SMARTS) is 1. The molecule has 1 aromatic carbocycles. The highest BCUT2D eigenvalue weighted by Crippen LogP contribution is 2.15. The molecule has 1 aromatic heterocycles. The third kappa shape index (κ3) is 10.9. The summed E-state index contributed by atoms with van der Waals surface area (Å²) in [5.74, 6) is -4.00. The zero-order chi connectivity index (χ0) is 32.3. The molecule has 4 atom stereocenters. The number of hydrogen-bond donors (Lipinski definition) is 5. The Kier molecular flexibility index (Phi) is 13.1. The standard InChI is InChI=1S/C28H36ClN5O8S/c1-5-20(30-15-35)26(38)33-22(12-18-11-10-17-8-6-7-9-21(17)31-18)27(39)34-25(16(2)3)28(40)32-19(14-24(36)37)13-23(29)43(4,41)42/h6-11,13,15-16,19-20,22,25H,5,12,14H2,1-4H3,(H,30,35)(H,32,40)(H,33,38)(H,34,39)(H,36,37)/b23-13+/t19?,20-,22?,25-/m0/s1. The summed E-state index contributed by atoms with van der Waals surface area (Å²) in [5, 5.41) is 20.2. The minimum Gasteiger partial charge on any atom is -0.481 e. The third-order valence-electron chi connectivity index (χ3n) is 6.35. The summed E-state index contributed by atoms with van der Waals surface area (Å²) in [5.41, 5.74) is 1.15. The minimum atomic E-state index is -3.87. The lowest BCUT2D eigenvalue weighted by Crippen LogP contribution is -2.58. The third-order valence-corrected chi connectivity index (χ3v) is 8.16. The van der Waals surface area contributed by atoms with Crippen molar-refractivity contribution in [3.8, 4) is 0 Å². The number of aromatic nitrogens is 1. The minimum absolute atomic E-state index is 0.0549. The number of para-hydroxylation sites is 1. The lowest BCUT2D eigenvalue weighted by atomic mass is 10.0. The molecule has 0 aliphatic heterocycles. The summed E-state index contributed by atoms with van der Waals surface area (Å²) in [6.45, 7) is 4.95. The average Bonchev–Trinajstić information content (AvgIpc) is 2.92. The van der Waals surface area contributed by atoms with Crippen molar-refractivity contribution in [3.05, 3.63) is 52.5 Å². The fourth-order valence-corrected chi connectivity index (χ4v) is 4.62. The van der Waals surface area contributed by atoms with Gasteiger partial charge in [-0.1, -0.05) is 56.6 Å². The molecular formula is C28H36ClN5O8S. The Morgan fingerprint density at radius 2 is 1.63 bits per heavy atom. The Labute approximate surface area is 254 Å². The summed E-state index contributed by atoms with van der Waals surface area (Å²) in [7, 11) is -3.87. The van der Waals surface area contributed by atoms with Crippen molar-refractivity contribution >= 4 is 62.4 Å². The van der Waals surface area contributed by atoms with Crippen molar-refractivity contribution in [1.82, 2.24) is 26.3 Å². The normalized spacial score (nSPS) is 14.7. The molecule has 0 fully saturated rings. The van der Waals surface area contributed by atoms with E-state index >= 15 is 0 Å². The van der Waals surface area contributed by atoms with E-state index in [0.29, 0.717) is 17.6 Å². The number of rotatable bonds is 16. The van der Waals surface area contributed by atoms with Gasteiger partial charge in [0.15, 0.2) is 9.84 Å². The van der Waals surface area contributed by atoms with Crippen molar-refractivity contribution in [2.45, 2.75) is 64.2 Å². The number of amides is 4. The Balaban J connectivity index is 2.36. The van der Waals surface area contributed by atoms with Crippen molar-refractivity contribution < 1.29 is 37.5 Å². The van der Waals surface area contributed by atoms with Gasteiger partial charge in [-0.2, -0.15) is 0 Å². The molecule has 0 aliphatic carbocycles. The second kappa shape index (κ2) is 16.0. The maximum atomic E-state index is 13.6. The molecule has 2 rings (SSSR count). The predicted molar refractivity (Wildman–Crippen MR) is 160 cm³/mol. The lowest BCUT2D eigenvalue weighted by Gasteiger charge is -2.27. The van der Waals surface area contributed by atoms with Crippen LogP contribution < -0.4 is 21.3 Å². The summed E-state index contributed by atoms with van der Waals surface area (Å²) >= 11 is 5.79. The fourth-order valence-electron chi connectivity index (χ4n) is 4.06. The van der Waals surface area contributed by atoms with Gasteiger partial charge in [0, 0.05) is 23.8 Å². The molecule has 0 bridgehead atoms. The molecule has 2 aromatic rings. The van der Waals surface area contributed by atoms with Crippen LogP contribution in [0.3, 0.4) is 0 Å². The number of benzene rings is 1. The van der Waals surface area contributed by atoms with Crippen LogP contribution in [-0.2, 0) is 40.2 Å². The van der Waals surface area contributed by atoms with E-state index in [1.165, 1.54) is 0 Å². The molecule has 0 radical (unpaired) electrons. The van der Waals surface area contributed by atoms with E-state index in [4.69, 9.17) is 11.6 Å². The number of carbonyl (C=O) groups excluding carboxylic acids is 4. The van der Waals surface area contributed by atoms with Gasteiger partial charge >= 0.3 is 5.97 Å². The number of nitrogens with zero attached hydrogens (tertiary/aromatic N) is 1. The molecule has 0 aliphatic rings. The number of carbonyl (C=O) groups is 5. The van der Waals surface area contributed by atoms with E-state index in [2.05, 4.69) is 26.3 Å². The van der Waals surface area contributed by atoms with Crippen LogP contribution in [0.4, 0.5) is 0 Å². The van der Waals surface area contributed by atoms with Gasteiger partial charge in [-0.15, -0.1) is 0 Å². The lowest BCUT2D eigenvalue weighted by molar-refractivity contribution is -0.138. The van der Waals surface area contributed by atoms with Crippen LogP contribution in [0.15, 0.2) is 46.8 Å². The van der Waals surface area contributed by atoms with Crippen molar-refractivity contribution in [3.63, 3.8) is 0 Å². The van der Waals surface area contributed by atoms with Gasteiger partial charge in [-0.25, -0.2) is 8.42 Å². The second-order valence-electron chi connectivity index (χ2n) is 10.2. The van der Waals surface area contributed by atoms with Crippen LogP contribution in [0, 0.1) is 5.92 Å². The first-order valence-corrected chi connectivity index (χ1v) is 15.7. The van der Waals surface area contributed by atoms with E-state index in [-0.39, 0.29) is 12.8 Å². The van der Waals surface area contributed by atoms with Gasteiger partial charge in [0.1, 0.15) is 22.5 Å². The number of carboxylic acids is 1. The summed E-state index contributed by atoms with van der Waals surface area (Å²) < 4.78 is 22.8. The largest absolute Gasteiger partial charge is 0.481 e. The van der Waals surface area contributed by atoms with Gasteiger partial charge in [0.05, 0.1) is 18.0 Å². The maximum absolute atomic E-state index is 13.6. The Bertz CT molecular complexity index is 1480. The highest BCUT2D eigenvalue weighted by molar-refractivity contribution is 7.96. The zero-order valence-electron chi connectivity index (χ0n) is 24.2. The molecular weight excluding hydrogens is 602 g/mol. The highest BCUT2D eigenvalue weighted by atomic mass is 35.5. The first-order valence-electron chi connectivity index (χ1n) is 13.4. The van der Waals surface area contributed by atoms with Gasteiger partial charge in [-0.3, -0.25) is 29.0 Å². The first kappa shape index (κ1) is 35.2. The van der Waals surface area contributed by atoms with Gasteiger partial charge in [0.25, 0.3) is 0 Å². The molecule has 15 heteroatoms. The molecule has 43 heavy (non-hydrogen) atoms. The van der Waals surface area contributed by atoms with Crippen molar-refractivity contribution in [1.29, 1.82) is 0 Å². The van der Waals surface area contributed by atoms with E-state index in [1.807, 2.05) is 24.3 Å². The number of pyridine rings is 1. The number of halogens is 1. The second-order valence-corrected chi connectivity index (χ2v) is 12.8. The fraction of sp³-hybridized carbons (Fsp3) is 0.429. The molecule has 5 N–H and O–H groups in total. The Morgan fingerprint density at radius 1 is 0.977 bits per heavy atom. The van der Waals surface area contributed by atoms with E-state index in [0.717, 1.165) is 17.7 Å².